The van der Waals surface area contributed by atoms with Gasteiger partial charge in [0.1, 0.15) is 0 Å². The van der Waals surface area contributed by atoms with Crippen LogP contribution in [0.2, 0.25) is 0 Å². The van der Waals surface area contributed by atoms with Gasteiger partial charge in [-0.05, 0) is 43.0 Å². The molecule has 3 N–H and O–H groups in total. The molecule has 1 aliphatic rings. The second-order valence-corrected chi connectivity index (χ2v) is 5.25. The second-order valence-electron chi connectivity index (χ2n) is 5.25. The molecule has 0 atom stereocenters. The molecular formula is C16H18F3N3. The number of nitrogens with zero attached hydrogens (tertiary/aromatic N) is 1. The van der Waals surface area contributed by atoms with Gasteiger partial charge in [-0.25, -0.2) is 0 Å². The summed E-state index contributed by atoms with van der Waals surface area (Å²) >= 11 is 0. The fourth-order valence-corrected chi connectivity index (χ4v) is 1.98. The van der Waals surface area contributed by atoms with E-state index in [0.29, 0.717) is 24.0 Å². The summed E-state index contributed by atoms with van der Waals surface area (Å²) in [5, 5.41) is 2.87. The number of benzene rings is 1. The van der Waals surface area contributed by atoms with E-state index >= 15 is 0 Å². The number of nitrogens with two attached hydrogens (primary N) is 1. The Hall–Kier alpha value is -2.16. The molecule has 1 aliphatic carbocycles. The van der Waals surface area contributed by atoms with E-state index in [1.54, 1.807) is 0 Å². The van der Waals surface area contributed by atoms with Crippen molar-refractivity contribution in [3.05, 3.63) is 35.4 Å². The van der Waals surface area contributed by atoms with Crippen LogP contribution in [0.1, 0.15) is 30.4 Å². The third-order valence-electron chi connectivity index (χ3n) is 3.55. The Labute approximate surface area is 127 Å². The lowest BCUT2D eigenvalue weighted by Gasteiger charge is -2.23. The van der Waals surface area contributed by atoms with E-state index in [4.69, 9.17) is 5.73 Å². The van der Waals surface area contributed by atoms with Gasteiger partial charge in [-0.2, -0.15) is 13.2 Å². The van der Waals surface area contributed by atoms with Crippen LogP contribution in [0.5, 0.6) is 0 Å². The van der Waals surface area contributed by atoms with E-state index in [-0.39, 0.29) is 0 Å². The maximum absolute atomic E-state index is 12.4. The molecule has 2 rings (SSSR count). The average molecular weight is 309 g/mol. The van der Waals surface area contributed by atoms with Crippen molar-refractivity contribution >= 4 is 5.96 Å². The van der Waals surface area contributed by atoms with Crippen LogP contribution in [-0.4, -0.2) is 19.0 Å². The van der Waals surface area contributed by atoms with Gasteiger partial charge in [0.2, 0.25) is 0 Å². The molecule has 118 valence electrons. The van der Waals surface area contributed by atoms with E-state index in [9.17, 15) is 13.2 Å². The normalized spacial score (nSPS) is 15.7. The first-order valence-electron chi connectivity index (χ1n) is 7.15. The van der Waals surface area contributed by atoms with Gasteiger partial charge in [0.25, 0.3) is 0 Å². The standard InChI is InChI=1S/C16H18F3N3/c17-16(18,19)14-8-6-12(7-9-14)5-2-10-21-15(20)22-11-13-3-1-4-13/h6-9,13H,1,3-4,10-11H2,(H3,20,21,22). The van der Waals surface area contributed by atoms with Gasteiger partial charge in [-0.15, -0.1) is 0 Å². The van der Waals surface area contributed by atoms with Crippen molar-refractivity contribution in [1.82, 2.24) is 5.32 Å². The molecule has 0 unspecified atom stereocenters. The van der Waals surface area contributed by atoms with Crippen molar-refractivity contribution < 1.29 is 13.2 Å². The highest BCUT2D eigenvalue weighted by Gasteiger charge is 2.29. The van der Waals surface area contributed by atoms with Crippen LogP contribution in [0.15, 0.2) is 29.3 Å². The molecule has 0 heterocycles. The Balaban J connectivity index is 1.78. The zero-order valence-corrected chi connectivity index (χ0v) is 12.1. The zero-order chi connectivity index (χ0) is 16.0. The molecule has 0 bridgehead atoms. The van der Waals surface area contributed by atoms with Crippen molar-refractivity contribution in [2.75, 3.05) is 13.1 Å². The zero-order valence-electron chi connectivity index (χ0n) is 12.1. The smallest absolute Gasteiger partial charge is 0.370 e. The molecule has 1 saturated carbocycles. The number of aliphatic imine (C=N–C) groups is 1. The van der Waals surface area contributed by atoms with Gasteiger partial charge in [0, 0.05) is 12.1 Å². The number of alkyl halides is 3. The lowest BCUT2D eigenvalue weighted by Crippen LogP contribution is -2.32. The SMILES string of the molecule is NC(=NCC1CCC1)NCC#Cc1ccc(C(F)(F)F)cc1. The van der Waals surface area contributed by atoms with Crippen LogP contribution in [0.3, 0.4) is 0 Å². The molecular weight excluding hydrogens is 291 g/mol. The molecule has 0 radical (unpaired) electrons. The molecule has 0 spiro atoms. The predicted molar refractivity (Wildman–Crippen MR) is 80.2 cm³/mol. The molecule has 1 aromatic rings. The number of rotatable bonds is 3. The Bertz CT molecular complexity index is 575. The van der Waals surface area contributed by atoms with Crippen LogP contribution >= 0.6 is 0 Å². The molecule has 0 aliphatic heterocycles. The third kappa shape index (κ3) is 4.99. The summed E-state index contributed by atoms with van der Waals surface area (Å²) in [6, 6.07) is 4.74. The molecule has 1 aromatic carbocycles. The van der Waals surface area contributed by atoms with Gasteiger partial charge < -0.3 is 11.1 Å². The van der Waals surface area contributed by atoms with Crippen molar-refractivity contribution in [1.29, 1.82) is 0 Å². The summed E-state index contributed by atoms with van der Waals surface area (Å²) in [6.45, 7) is 1.05. The summed E-state index contributed by atoms with van der Waals surface area (Å²) in [6.07, 6.45) is -0.625. The number of guanidine groups is 1. The lowest BCUT2D eigenvalue weighted by molar-refractivity contribution is -0.137. The molecule has 0 amide bonds. The van der Waals surface area contributed by atoms with Gasteiger partial charge in [-0.1, -0.05) is 18.3 Å². The van der Waals surface area contributed by atoms with E-state index in [2.05, 4.69) is 22.2 Å². The minimum absolute atomic E-state index is 0.307. The minimum Gasteiger partial charge on any atom is -0.370 e. The summed E-state index contributed by atoms with van der Waals surface area (Å²) in [5.41, 5.74) is 5.54. The summed E-state index contributed by atoms with van der Waals surface area (Å²) in [4.78, 5) is 4.22. The molecule has 22 heavy (non-hydrogen) atoms. The van der Waals surface area contributed by atoms with Crippen LogP contribution in [0.25, 0.3) is 0 Å². The maximum atomic E-state index is 12.4. The molecule has 1 fully saturated rings. The summed E-state index contributed by atoms with van der Waals surface area (Å²) in [7, 11) is 0. The van der Waals surface area contributed by atoms with Crippen molar-refractivity contribution in [2.24, 2.45) is 16.6 Å². The Morgan fingerprint density at radius 1 is 1.27 bits per heavy atom. The van der Waals surface area contributed by atoms with Gasteiger partial charge in [0.15, 0.2) is 5.96 Å². The quantitative estimate of drug-likeness (QED) is 0.512. The molecule has 6 heteroatoms. The van der Waals surface area contributed by atoms with Crippen LogP contribution in [-0.2, 0) is 6.18 Å². The van der Waals surface area contributed by atoms with Crippen LogP contribution in [0, 0.1) is 17.8 Å². The Morgan fingerprint density at radius 3 is 2.50 bits per heavy atom. The molecule has 0 aromatic heterocycles. The predicted octanol–water partition coefficient (Wildman–Crippen LogP) is 2.76. The second kappa shape index (κ2) is 7.21. The highest BCUT2D eigenvalue weighted by molar-refractivity contribution is 5.78. The Morgan fingerprint density at radius 2 is 1.95 bits per heavy atom. The number of hydrogen-bond acceptors (Lipinski definition) is 1. The lowest BCUT2D eigenvalue weighted by atomic mass is 9.86. The van der Waals surface area contributed by atoms with Gasteiger partial charge in [-0.3, -0.25) is 4.99 Å². The highest BCUT2D eigenvalue weighted by atomic mass is 19.4. The first-order chi connectivity index (χ1) is 10.4. The summed E-state index contributed by atoms with van der Waals surface area (Å²) < 4.78 is 37.2. The van der Waals surface area contributed by atoms with E-state index in [1.165, 1.54) is 31.4 Å². The minimum atomic E-state index is -4.32. The fourth-order valence-electron chi connectivity index (χ4n) is 1.98. The van der Waals surface area contributed by atoms with Crippen LogP contribution < -0.4 is 11.1 Å². The highest BCUT2D eigenvalue weighted by Crippen LogP contribution is 2.29. The number of hydrogen-bond donors (Lipinski definition) is 2. The van der Waals surface area contributed by atoms with Crippen molar-refractivity contribution in [2.45, 2.75) is 25.4 Å². The average Bonchev–Trinajstić information content (AvgIpc) is 2.41. The number of halogens is 3. The van der Waals surface area contributed by atoms with Crippen molar-refractivity contribution in [3.8, 4) is 11.8 Å². The fraction of sp³-hybridized carbons (Fsp3) is 0.438. The summed E-state index contributed by atoms with van der Waals surface area (Å²) in [5.74, 6) is 6.59. The monoisotopic (exact) mass is 309 g/mol. The first kappa shape index (κ1) is 16.2. The third-order valence-corrected chi connectivity index (χ3v) is 3.55. The molecule has 3 nitrogen and oxygen atoms in total. The topological polar surface area (TPSA) is 50.4 Å². The van der Waals surface area contributed by atoms with Gasteiger partial charge >= 0.3 is 6.18 Å². The van der Waals surface area contributed by atoms with Crippen LogP contribution in [0.4, 0.5) is 13.2 Å². The first-order valence-corrected chi connectivity index (χ1v) is 7.15. The Kier molecular flexibility index (Phi) is 5.31. The van der Waals surface area contributed by atoms with Gasteiger partial charge in [0.05, 0.1) is 12.1 Å². The van der Waals surface area contributed by atoms with E-state index in [0.717, 1.165) is 18.7 Å². The number of nitrogens with one attached hydrogen (secondary N) is 1. The van der Waals surface area contributed by atoms with E-state index in [1.807, 2.05) is 0 Å². The van der Waals surface area contributed by atoms with Crippen molar-refractivity contribution in [3.63, 3.8) is 0 Å². The maximum Gasteiger partial charge on any atom is 0.416 e. The molecule has 0 saturated heterocycles. The van der Waals surface area contributed by atoms with E-state index < -0.39 is 11.7 Å². The largest absolute Gasteiger partial charge is 0.416 e.